The van der Waals surface area contributed by atoms with Crippen LogP contribution in [0.1, 0.15) is 67.3 Å². The average molecular weight is 593 g/mol. The zero-order valence-electron chi connectivity index (χ0n) is 22.9. The Bertz CT molecular complexity index is 1240. The number of unbranched alkanes of at least 4 members (excludes halogenated alkanes) is 1. The predicted molar refractivity (Wildman–Crippen MR) is 149 cm³/mol. The minimum atomic E-state index is -5.13. The van der Waals surface area contributed by atoms with Gasteiger partial charge in [0.05, 0.1) is 17.2 Å². The maximum Gasteiger partial charge on any atom is 0.430 e. The summed E-state index contributed by atoms with van der Waals surface area (Å²) >= 11 is 6.43. The molecule has 10 heteroatoms. The number of rotatable bonds is 9. The number of hydrogen-bond acceptors (Lipinski definition) is 4. The number of alkyl halides is 3. The molecule has 0 radical (unpaired) electrons. The van der Waals surface area contributed by atoms with E-state index in [0.29, 0.717) is 47.7 Å². The van der Waals surface area contributed by atoms with Crippen molar-refractivity contribution in [1.82, 2.24) is 9.80 Å². The van der Waals surface area contributed by atoms with Crippen molar-refractivity contribution in [2.24, 2.45) is 11.8 Å². The Morgan fingerprint density at radius 2 is 1.73 bits per heavy atom. The highest BCUT2D eigenvalue weighted by molar-refractivity contribution is 6.34. The molecule has 3 aliphatic rings. The SMILES string of the molecule is O=C(c1ccc(OCCCCC2CCN(C(=O)C(O)(c3ccccc3)C(F)(F)F)CC2)cc1Cl)N1CC2CCC1C2. The molecule has 1 aliphatic carbocycles. The van der Waals surface area contributed by atoms with Gasteiger partial charge in [-0.15, -0.1) is 0 Å². The number of likely N-dealkylation sites (tertiary alicyclic amines) is 2. The molecule has 1 N–H and O–H groups in total. The smallest absolute Gasteiger partial charge is 0.430 e. The quantitative estimate of drug-likeness (QED) is 0.352. The van der Waals surface area contributed by atoms with Crippen molar-refractivity contribution in [3.05, 3.63) is 64.7 Å². The van der Waals surface area contributed by atoms with E-state index in [2.05, 4.69) is 0 Å². The fourth-order valence-corrected chi connectivity index (χ4v) is 6.80. The van der Waals surface area contributed by atoms with Crippen LogP contribution in [-0.2, 0) is 10.4 Å². The van der Waals surface area contributed by atoms with E-state index in [0.717, 1.165) is 55.7 Å². The zero-order chi connectivity index (χ0) is 29.2. The summed E-state index contributed by atoms with van der Waals surface area (Å²) < 4.78 is 47.5. The van der Waals surface area contributed by atoms with Crippen LogP contribution in [0.25, 0.3) is 0 Å². The van der Waals surface area contributed by atoms with Gasteiger partial charge in [0.2, 0.25) is 0 Å². The molecular weight excluding hydrogens is 557 g/mol. The number of amides is 2. The van der Waals surface area contributed by atoms with E-state index in [1.807, 2.05) is 4.90 Å². The highest BCUT2D eigenvalue weighted by Crippen LogP contribution is 2.42. The normalized spacial score (nSPS) is 22.6. The fraction of sp³-hybridized carbons (Fsp3) is 0.548. The first-order valence-corrected chi connectivity index (χ1v) is 14.8. The minimum absolute atomic E-state index is 0.00959. The minimum Gasteiger partial charge on any atom is -0.494 e. The van der Waals surface area contributed by atoms with Crippen LogP contribution in [0.4, 0.5) is 13.2 Å². The van der Waals surface area contributed by atoms with Gasteiger partial charge in [0.1, 0.15) is 5.75 Å². The molecule has 0 spiro atoms. The van der Waals surface area contributed by atoms with Crippen LogP contribution in [0.2, 0.25) is 5.02 Å². The predicted octanol–water partition coefficient (Wildman–Crippen LogP) is 6.20. The van der Waals surface area contributed by atoms with Crippen molar-refractivity contribution in [3.63, 3.8) is 0 Å². The standard InChI is InChI=1S/C31H36ClF3N2O4/c32-27-19-25(11-12-26(27)28(38)37-20-22-9-10-24(37)18-22)41-17-5-4-6-21-13-15-36(16-14-21)29(39)30(40,31(33,34)35)23-7-2-1-3-8-23/h1-3,7-8,11-12,19,21-22,24,40H,4-6,9-10,13-18,20H2. The molecule has 2 amide bonds. The molecule has 6 nitrogen and oxygen atoms in total. The molecular formula is C31H36ClF3N2O4. The lowest BCUT2D eigenvalue weighted by molar-refractivity contribution is -0.262. The van der Waals surface area contributed by atoms with E-state index in [1.165, 1.54) is 24.6 Å². The van der Waals surface area contributed by atoms with Crippen molar-refractivity contribution >= 4 is 23.4 Å². The van der Waals surface area contributed by atoms with Crippen molar-refractivity contribution in [2.45, 2.75) is 69.2 Å². The molecule has 2 heterocycles. The molecule has 2 aromatic rings. The van der Waals surface area contributed by atoms with Crippen LogP contribution < -0.4 is 4.74 Å². The molecule has 222 valence electrons. The first-order valence-electron chi connectivity index (χ1n) is 14.4. The third-order valence-electron chi connectivity index (χ3n) is 8.93. The number of nitrogens with zero attached hydrogens (tertiary/aromatic N) is 2. The number of halogens is 4. The molecule has 2 aromatic carbocycles. The molecule has 3 atom stereocenters. The van der Waals surface area contributed by atoms with Crippen molar-refractivity contribution in [2.75, 3.05) is 26.2 Å². The molecule has 0 aromatic heterocycles. The molecule has 2 bridgehead atoms. The third-order valence-corrected chi connectivity index (χ3v) is 9.24. The summed E-state index contributed by atoms with van der Waals surface area (Å²) in [5.41, 5.74) is -3.52. The van der Waals surface area contributed by atoms with Gasteiger partial charge < -0.3 is 19.6 Å². The average Bonchev–Trinajstić information content (AvgIpc) is 3.60. The summed E-state index contributed by atoms with van der Waals surface area (Å²) in [6, 6.07) is 12.1. The van der Waals surface area contributed by atoms with E-state index >= 15 is 0 Å². The summed E-state index contributed by atoms with van der Waals surface area (Å²) in [6.45, 7) is 1.64. The maximum absolute atomic E-state index is 13.9. The van der Waals surface area contributed by atoms with Gasteiger partial charge in [-0.05, 0) is 75.0 Å². The first kappa shape index (κ1) is 29.7. The zero-order valence-corrected chi connectivity index (χ0v) is 23.7. The third kappa shape index (κ3) is 6.21. The topological polar surface area (TPSA) is 70.1 Å². The van der Waals surface area contributed by atoms with Crippen molar-refractivity contribution in [3.8, 4) is 5.75 Å². The molecule has 2 saturated heterocycles. The van der Waals surface area contributed by atoms with E-state index in [-0.39, 0.29) is 24.9 Å². The highest BCUT2D eigenvalue weighted by atomic mass is 35.5. The van der Waals surface area contributed by atoms with Crippen LogP contribution in [0.3, 0.4) is 0 Å². The first-order chi connectivity index (χ1) is 19.6. The van der Waals surface area contributed by atoms with Crippen LogP contribution in [0.15, 0.2) is 48.5 Å². The summed E-state index contributed by atoms with van der Waals surface area (Å²) in [6.07, 6.45) is 1.94. The largest absolute Gasteiger partial charge is 0.494 e. The van der Waals surface area contributed by atoms with Crippen LogP contribution in [0, 0.1) is 11.8 Å². The summed E-state index contributed by atoms with van der Waals surface area (Å²) in [5.74, 6) is 0.188. The molecule has 3 unspecified atom stereocenters. The second kappa shape index (κ2) is 12.2. The Morgan fingerprint density at radius 1 is 1.00 bits per heavy atom. The van der Waals surface area contributed by atoms with Crippen molar-refractivity contribution < 1.29 is 32.6 Å². The molecule has 1 saturated carbocycles. The van der Waals surface area contributed by atoms with E-state index in [9.17, 15) is 27.9 Å². The van der Waals surface area contributed by atoms with E-state index in [4.69, 9.17) is 16.3 Å². The highest BCUT2D eigenvalue weighted by Gasteiger charge is 2.62. The summed E-state index contributed by atoms with van der Waals surface area (Å²) in [7, 11) is 0. The van der Waals surface area contributed by atoms with Gasteiger partial charge in [-0.25, -0.2) is 0 Å². The lowest BCUT2D eigenvalue weighted by Crippen LogP contribution is -2.57. The molecule has 5 rings (SSSR count). The number of hydrogen-bond donors (Lipinski definition) is 1. The van der Waals surface area contributed by atoms with Gasteiger partial charge in [0.15, 0.2) is 0 Å². The van der Waals surface area contributed by atoms with Crippen LogP contribution >= 0.6 is 11.6 Å². The maximum atomic E-state index is 13.9. The number of carbonyl (C=O) groups is 2. The van der Waals surface area contributed by atoms with Crippen LogP contribution in [0.5, 0.6) is 5.75 Å². The number of ether oxygens (including phenoxy) is 1. The summed E-state index contributed by atoms with van der Waals surface area (Å²) in [4.78, 5) is 28.9. The Labute approximate surface area is 243 Å². The number of fused-ring (bicyclic) bond motifs is 2. The van der Waals surface area contributed by atoms with Gasteiger partial charge in [-0.2, -0.15) is 13.2 Å². The second-order valence-corrected chi connectivity index (χ2v) is 12.0. The Kier molecular flexibility index (Phi) is 8.85. The van der Waals surface area contributed by atoms with Gasteiger partial charge in [-0.1, -0.05) is 48.4 Å². The Balaban J connectivity index is 1.04. The number of piperidine rings is 2. The number of carbonyl (C=O) groups excluding carboxylic acids is 2. The molecule has 41 heavy (non-hydrogen) atoms. The van der Waals surface area contributed by atoms with E-state index < -0.39 is 23.2 Å². The molecule has 3 fully saturated rings. The van der Waals surface area contributed by atoms with E-state index in [1.54, 1.807) is 18.2 Å². The Morgan fingerprint density at radius 3 is 2.34 bits per heavy atom. The Hall–Kier alpha value is -2.78. The van der Waals surface area contributed by atoms with Gasteiger partial charge in [0.25, 0.3) is 17.4 Å². The molecule has 2 aliphatic heterocycles. The number of benzene rings is 2. The van der Waals surface area contributed by atoms with Gasteiger partial charge in [0, 0.05) is 31.2 Å². The van der Waals surface area contributed by atoms with Crippen molar-refractivity contribution in [1.29, 1.82) is 0 Å². The van der Waals surface area contributed by atoms with Gasteiger partial charge >= 0.3 is 6.18 Å². The fourth-order valence-electron chi connectivity index (χ4n) is 6.55. The van der Waals surface area contributed by atoms with Gasteiger partial charge in [-0.3, -0.25) is 9.59 Å². The second-order valence-electron chi connectivity index (χ2n) is 11.6. The summed E-state index contributed by atoms with van der Waals surface area (Å²) in [5, 5.41) is 11.0. The lowest BCUT2D eigenvalue weighted by Gasteiger charge is -2.38. The lowest BCUT2D eigenvalue weighted by atomic mass is 9.88. The monoisotopic (exact) mass is 592 g/mol. The van der Waals surface area contributed by atoms with Crippen LogP contribution in [-0.4, -0.2) is 65.2 Å². The number of aliphatic hydroxyl groups is 1.